The molecule has 3 aliphatic rings. The fourth-order valence-electron chi connectivity index (χ4n) is 3.13. The van der Waals surface area contributed by atoms with Gasteiger partial charge in [0, 0.05) is 0 Å². The Morgan fingerprint density at radius 2 is 1.25 bits per heavy atom. The summed E-state index contributed by atoms with van der Waals surface area (Å²) in [6.07, 6.45) is 0. The molecule has 1 saturated heterocycles. The van der Waals surface area contributed by atoms with Crippen LogP contribution >= 0.6 is 11.6 Å². The second-order valence-corrected chi connectivity index (χ2v) is 8.01. The highest BCUT2D eigenvalue weighted by molar-refractivity contribution is 6.62. The first-order valence-electron chi connectivity index (χ1n) is 8.81. The summed E-state index contributed by atoms with van der Waals surface area (Å²) in [7, 11) is 1.93. The normalized spacial score (nSPS) is 17.6. The lowest BCUT2D eigenvalue weighted by molar-refractivity contribution is 0.00578. The van der Waals surface area contributed by atoms with Crippen molar-refractivity contribution in [2.24, 2.45) is 0 Å². The predicted molar refractivity (Wildman–Crippen MR) is 106 cm³/mol. The predicted octanol–water partition coefficient (Wildman–Crippen LogP) is 3.32. The van der Waals surface area contributed by atoms with Crippen molar-refractivity contribution in [1.29, 1.82) is 0 Å². The van der Waals surface area contributed by atoms with E-state index in [-0.39, 0.29) is 16.1 Å². The quantitative estimate of drug-likeness (QED) is 0.577. The SMILES string of the molecule is COC(=O)c1c2ccc(B3OC(C)(C)C(C)(C)O3)ccc-2c(C(=O)OC)c1Cl. The summed E-state index contributed by atoms with van der Waals surface area (Å²) in [4.78, 5) is 24.6. The van der Waals surface area contributed by atoms with Gasteiger partial charge in [-0.2, -0.15) is 0 Å². The van der Waals surface area contributed by atoms with Gasteiger partial charge in [0.25, 0.3) is 0 Å². The van der Waals surface area contributed by atoms with E-state index in [1.807, 2.05) is 27.7 Å². The summed E-state index contributed by atoms with van der Waals surface area (Å²) in [6.45, 7) is 7.88. The van der Waals surface area contributed by atoms with E-state index in [1.54, 1.807) is 24.3 Å². The van der Waals surface area contributed by atoms with E-state index in [2.05, 4.69) is 0 Å². The second kappa shape index (κ2) is 7.06. The van der Waals surface area contributed by atoms with Crippen LogP contribution in [0.2, 0.25) is 5.02 Å². The van der Waals surface area contributed by atoms with Crippen molar-refractivity contribution < 1.29 is 28.4 Å². The number of ether oxygens (including phenoxy) is 2. The first kappa shape index (κ1) is 20.6. The zero-order chi connectivity index (χ0) is 20.9. The van der Waals surface area contributed by atoms with Gasteiger partial charge in [0.15, 0.2) is 0 Å². The van der Waals surface area contributed by atoms with Gasteiger partial charge in [-0.15, -0.1) is 0 Å². The average molecular weight is 405 g/mol. The van der Waals surface area contributed by atoms with Crippen LogP contribution in [0.15, 0.2) is 24.3 Å². The van der Waals surface area contributed by atoms with Crippen LogP contribution in [0.4, 0.5) is 0 Å². The fraction of sp³-hybridized carbons (Fsp3) is 0.400. The largest absolute Gasteiger partial charge is 0.494 e. The Labute approximate surface area is 169 Å². The van der Waals surface area contributed by atoms with E-state index in [4.69, 9.17) is 30.4 Å². The van der Waals surface area contributed by atoms with E-state index in [9.17, 15) is 9.59 Å². The van der Waals surface area contributed by atoms with Crippen LogP contribution in [0.3, 0.4) is 0 Å². The van der Waals surface area contributed by atoms with Crippen molar-refractivity contribution in [3.63, 3.8) is 0 Å². The lowest BCUT2D eigenvalue weighted by Crippen LogP contribution is -2.41. The Morgan fingerprint density at radius 1 is 0.857 bits per heavy atom. The maximum absolute atomic E-state index is 12.3. The second-order valence-electron chi connectivity index (χ2n) is 7.63. The van der Waals surface area contributed by atoms with Crippen LogP contribution in [0.1, 0.15) is 48.4 Å². The van der Waals surface area contributed by atoms with E-state index in [0.29, 0.717) is 11.1 Å². The molecule has 0 atom stereocenters. The summed E-state index contributed by atoms with van der Waals surface area (Å²) in [5.74, 6) is -1.26. The lowest BCUT2D eigenvalue weighted by atomic mass is 9.80. The number of carbonyl (C=O) groups is 2. The summed E-state index contributed by atoms with van der Waals surface area (Å²) in [5, 5.41) is 0.0112. The van der Waals surface area contributed by atoms with Crippen LogP contribution in [-0.2, 0) is 18.8 Å². The minimum Gasteiger partial charge on any atom is -0.465 e. The van der Waals surface area contributed by atoms with Crippen LogP contribution in [0.5, 0.6) is 0 Å². The Hall–Kier alpha value is -2.09. The van der Waals surface area contributed by atoms with Gasteiger partial charge in [-0.25, -0.2) is 9.59 Å². The molecule has 0 unspecified atom stereocenters. The molecule has 0 aromatic heterocycles. The number of halogens is 1. The molecule has 0 aromatic carbocycles. The molecule has 0 saturated carbocycles. The molecule has 1 fully saturated rings. The summed E-state index contributed by atoms with van der Waals surface area (Å²) in [5.41, 5.74) is 0.987. The van der Waals surface area contributed by atoms with Gasteiger partial charge in [-0.3, -0.25) is 0 Å². The third-order valence-electron chi connectivity index (χ3n) is 5.46. The Morgan fingerprint density at radius 3 is 1.61 bits per heavy atom. The van der Waals surface area contributed by atoms with Gasteiger partial charge >= 0.3 is 19.1 Å². The molecular formula is C20H22BClO6. The minimum atomic E-state index is -0.631. The van der Waals surface area contributed by atoms with Crippen molar-refractivity contribution in [2.45, 2.75) is 38.9 Å². The van der Waals surface area contributed by atoms with Crippen molar-refractivity contribution in [1.82, 2.24) is 0 Å². The zero-order valence-electron chi connectivity index (χ0n) is 16.7. The molecular weight excluding hydrogens is 382 g/mol. The molecule has 28 heavy (non-hydrogen) atoms. The molecule has 0 aromatic rings. The van der Waals surface area contributed by atoms with E-state index in [0.717, 1.165) is 5.46 Å². The standard InChI is InChI=1S/C20H22BClO6/c1-19(2)20(3,4)28-21(27-19)11-7-9-12-13(10-8-11)15(18(24)26-6)16(22)14(12)17(23)25-5/h7-10H,1-6H3. The number of esters is 2. The van der Waals surface area contributed by atoms with Crippen molar-refractivity contribution in [3.8, 4) is 11.1 Å². The van der Waals surface area contributed by atoms with Gasteiger partial charge in [-0.1, -0.05) is 35.9 Å². The van der Waals surface area contributed by atoms with Gasteiger partial charge in [0.1, 0.15) is 0 Å². The van der Waals surface area contributed by atoms with Crippen LogP contribution in [0.25, 0.3) is 11.1 Å². The highest BCUT2D eigenvalue weighted by atomic mass is 35.5. The molecule has 0 N–H and O–H groups in total. The first-order valence-corrected chi connectivity index (χ1v) is 9.19. The molecule has 148 valence electrons. The number of rotatable bonds is 3. The maximum Gasteiger partial charge on any atom is 0.494 e. The van der Waals surface area contributed by atoms with Crippen molar-refractivity contribution >= 4 is 36.1 Å². The van der Waals surface area contributed by atoms with Gasteiger partial charge < -0.3 is 18.8 Å². The summed E-state index contributed by atoms with van der Waals surface area (Å²) in [6, 6.07) is 6.99. The number of fused-ring (bicyclic) bond motifs is 1. The van der Waals surface area contributed by atoms with Crippen LogP contribution in [0, 0.1) is 0 Å². The molecule has 8 heteroatoms. The van der Waals surface area contributed by atoms with Gasteiger partial charge in [-0.05, 0) is 44.3 Å². The number of methoxy groups -OCH3 is 2. The van der Waals surface area contributed by atoms with E-state index < -0.39 is 30.3 Å². The average Bonchev–Trinajstić information content (AvgIpc) is 2.90. The highest BCUT2D eigenvalue weighted by Gasteiger charge is 2.51. The molecule has 0 radical (unpaired) electrons. The Bertz CT molecular complexity index is 854. The molecule has 1 aliphatic heterocycles. The smallest absolute Gasteiger partial charge is 0.465 e. The van der Waals surface area contributed by atoms with Crippen LogP contribution < -0.4 is 5.46 Å². The molecule has 0 bridgehead atoms. The molecule has 3 rings (SSSR count). The van der Waals surface area contributed by atoms with E-state index >= 15 is 0 Å². The van der Waals surface area contributed by atoms with Crippen LogP contribution in [-0.4, -0.2) is 44.5 Å². The minimum absolute atomic E-state index is 0.0112. The summed E-state index contributed by atoms with van der Waals surface area (Å²) >= 11 is 6.33. The maximum atomic E-state index is 12.3. The first-order chi connectivity index (χ1) is 13.0. The van der Waals surface area contributed by atoms with Gasteiger partial charge in [0.05, 0.1) is 41.6 Å². The fourth-order valence-corrected chi connectivity index (χ4v) is 3.49. The monoisotopic (exact) mass is 404 g/mol. The van der Waals surface area contributed by atoms with Gasteiger partial charge in [0.2, 0.25) is 0 Å². The number of hydrogen-bond donors (Lipinski definition) is 0. The molecule has 0 amide bonds. The van der Waals surface area contributed by atoms with Crippen molar-refractivity contribution in [3.05, 3.63) is 40.4 Å². The third-order valence-corrected chi connectivity index (χ3v) is 5.84. The lowest BCUT2D eigenvalue weighted by Gasteiger charge is -2.32. The highest BCUT2D eigenvalue weighted by Crippen LogP contribution is 2.41. The molecule has 0 spiro atoms. The molecule has 1 heterocycles. The Balaban J connectivity index is 2.16. The topological polar surface area (TPSA) is 71.1 Å². The molecule has 6 nitrogen and oxygen atoms in total. The summed E-state index contributed by atoms with van der Waals surface area (Å²) < 4.78 is 21.9. The number of hydrogen-bond acceptors (Lipinski definition) is 6. The Kier molecular flexibility index (Phi) is 5.21. The van der Waals surface area contributed by atoms with E-state index in [1.165, 1.54) is 14.2 Å². The van der Waals surface area contributed by atoms with Crippen molar-refractivity contribution in [2.75, 3.05) is 14.2 Å². The molecule has 2 aliphatic carbocycles. The number of carbonyl (C=O) groups excluding carboxylic acids is 2. The zero-order valence-corrected chi connectivity index (χ0v) is 17.5. The third kappa shape index (κ3) is 3.17.